The van der Waals surface area contributed by atoms with Crippen LogP contribution in [0.15, 0.2) is 29.3 Å². The number of hydrogen-bond acceptors (Lipinski definition) is 4. The van der Waals surface area contributed by atoms with Gasteiger partial charge in [0.05, 0.1) is 17.2 Å². The second kappa shape index (κ2) is 9.65. The van der Waals surface area contributed by atoms with E-state index in [1.807, 2.05) is 19.1 Å². The number of para-hydroxylation sites is 1. The van der Waals surface area contributed by atoms with Crippen molar-refractivity contribution in [2.45, 2.75) is 53.6 Å². The van der Waals surface area contributed by atoms with Crippen molar-refractivity contribution in [2.75, 3.05) is 19.6 Å². The first-order valence-corrected chi connectivity index (χ1v) is 9.84. The molecule has 6 heteroatoms. The second-order valence-electron chi connectivity index (χ2n) is 7.30. The van der Waals surface area contributed by atoms with E-state index >= 15 is 0 Å². The number of fused-ring (bicyclic) bond motifs is 1. The lowest BCUT2D eigenvalue weighted by Crippen LogP contribution is -2.46. The third kappa shape index (κ3) is 5.16. The van der Waals surface area contributed by atoms with E-state index in [0.29, 0.717) is 30.4 Å². The van der Waals surface area contributed by atoms with Crippen molar-refractivity contribution in [3.8, 4) is 0 Å². The van der Waals surface area contributed by atoms with E-state index in [1.54, 1.807) is 6.07 Å². The van der Waals surface area contributed by atoms with Gasteiger partial charge in [-0.05, 0) is 37.6 Å². The van der Waals surface area contributed by atoms with E-state index in [-0.39, 0.29) is 17.9 Å². The average molecular weight is 373 g/mol. The van der Waals surface area contributed by atoms with Gasteiger partial charge in [0.25, 0.3) is 5.56 Å². The SMILES string of the molecule is CCN(CC)C(CNC(=O)CCn1cnc2c(C)cccc2c1=O)C(C)C. The molecule has 1 aromatic heterocycles. The molecular formula is C21H32N4O2. The second-order valence-corrected chi connectivity index (χ2v) is 7.30. The first kappa shape index (κ1) is 21.1. The van der Waals surface area contributed by atoms with Crippen LogP contribution < -0.4 is 10.9 Å². The van der Waals surface area contributed by atoms with Gasteiger partial charge >= 0.3 is 0 Å². The zero-order valence-corrected chi connectivity index (χ0v) is 17.2. The van der Waals surface area contributed by atoms with Crippen molar-refractivity contribution in [1.82, 2.24) is 19.8 Å². The molecule has 0 saturated carbocycles. The van der Waals surface area contributed by atoms with Crippen LogP contribution in [0.1, 0.15) is 39.7 Å². The first-order valence-electron chi connectivity index (χ1n) is 9.84. The number of rotatable bonds is 9. The lowest BCUT2D eigenvalue weighted by atomic mass is 10.0. The molecule has 1 atom stereocenters. The molecule has 0 fully saturated rings. The zero-order valence-electron chi connectivity index (χ0n) is 17.2. The van der Waals surface area contributed by atoms with Gasteiger partial charge in [0.15, 0.2) is 0 Å². The summed E-state index contributed by atoms with van der Waals surface area (Å²) in [6.07, 6.45) is 1.81. The molecule has 148 valence electrons. The molecule has 2 rings (SSSR count). The molecule has 0 aliphatic heterocycles. The van der Waals surface area contributed by atoms with Crippen molar-refractivity contribution < 1.29 is 4.79 Å². The van der Waals surface area contributed by atoms with E-state index in [4.69, 9.17) is 0 Å². The molecule has 0 bridgehead atoms. The molecule has 0 aliphatic rings. The van der Waals surface area contributed by atoms with Crippen LogP contribution in [-0.4, -0.2) is 46.0 Å². The third-order valence-electron chi connectivity index (χ3n) is 5.19. The molecule has 0 radical (unpaired) electrons. The van der Waals surface area contributed by atoms with Gasteiger partial charge in [-0.1, -0.05) is 39.8 Å². The summed E-state index contributed by atoms with van der Waals surface area (Å²) in [5.74, 6) is 0.421. The lowest BCUT2D eigenvalue weighted by Gasteiger charge is -2.32. The fourth-order valence-corrected chi connectivity index (χ4v) is 3.50. The summed E-state index contributed by atoms with van der Waals surface area (Å²) in [4.78, 5) is 31.7. The zero-order chi connectivity index (χ0) is 20.0. The molecule has 0 spiro atoms. The Labute approximate surface area is 161 Å². The number of aryl methyl sites for hydroxylation is 2. The Bertz CT molecular complexity index is 825. The Morgan fingerprint density at radius 3 is 2.59 bits per heavy atom. The van der Waals surface area contributed by atoms with Gasteiger partial charge in [0.2, 0.25) is 5.91 Å². The van der Waals surface area contributed by atoms with E-state index < -0.39 is 0 Å². The summed E-state index contributed by atoms with van der Waals surface area (Å²) in [6.45, 7) is 13.5. The third-order valence-corrected chi connectivity index (χ3v) is 5.19. The van der Waals surface area contributed by atoms with Crippen molar-refractivity contribution >= 4 is 16.8 Å². The van der Waals surface area contributed by atoms with Crippen LogP contribution in [0.5, 0.6) is 0 Å². The highest BCUT2D eigenvalue weighted by molar-refractivity contribution is 5.80. The summed E-state index contributed by atoms with van der Waals surface area (Å²) in [5, 5.41) is 3.63. The normalized spacial score (nSPS) is 12.7. The molecule has 0 saturated heterocycles. The minimum atomic E-state index is -0.0975. The molecule has 0 aliphatic carbocycles. The van der Waals surface area contributed by atoms with Crippen LogP contribution in [0, 0.1) is 12.8 Å². The average Bonchev–Trinajstić information content (AvgIpc) is 2.65. The molecule has 1 heterocycles. The molecule has 2 aromatic rings. The molecule has 27 heavy (non-hydrogen) atoms. The number of amides is 1. The van der Waals surface area contributed by atoms with Gasteiger partial charge in [-0.2, -0.15) is 0 Å². The first-order chi connectivity index (χ1) is 12.9. The summed E-state index contributed by atoms with van der Waals surface area (Å²) in [5.41, 5.74) is 1.60. The van der Waals surface area contributed by atoms with Gasteiger partial charge in [0.1, 0.15) is 0 Å². The smallest absolute Gasteiger partial charge is 0.261 e. The maximum absolute atomic E-state index is 12.6. The topological polar surface area (TPSA) is 67.2 Å². The van der Waals surface area contributed by atoms with Gasteiger partial charge in [-0.25, -0.2) is 4.98 Å². The lowest BCUT2D eigenvalue weighted by molar-refractivity contribution is -0.121. The fraction of sp³-hybridized carbons (Fsp3) is 0.571. The molecule has 1 aromatic carbocycles. The molecule has 1 amide bonds. The number of benzene rings is 1. The summed E-state index contributed by atoms with van der Waals surface area (Å²) in [7, 11) is 0. The van der Waals surface area contributed by atoms with Crippen molar-refractivity contribution in [3.05, 3.63) is 40.4 Å². The fourth-order valence-electron chi connectivity index (χ4n) is 3.50. The van der Waals surface area contributed by atoms with Gasteiger partial charge in [-0.3, -0.25) is 19.1 Å². The van der Waals surface area contributed by atoms with E-state index in [1.165, 1.54) is 10.9 Å². The largest absolute Gasteiger partial charge is 0.354 e. The number of aromatic nitrogens is 2. The monoisotopic (exact) mass is 372 g/mol. The highest BCUT2D eigenvalue weighted by atomic mass is 16.1. The molecular weight excluding hydrogens is 340 g/mol. The number of likely N-dealkylation sites (N-methyl/N-ethyl adjacent to an activating group) is 1. The standard InChI is InChI=1S/C21H32N4O2/c1-6-24(7-2)18(15(3)4)13-22-19(26)11-12-25-14-23-20-16(5)9-8-10-17(20)21(25)27/h8-10,14-15,18H,6-7,11-13H2,1-5H3,(H,22,26). The molecule has 1 unspecified atom stereocenters. The van der Waals surface area contributed by atoms with Crippen LogP contribution >= 0.6 is 0 Å². The van der Waals surface area contributed by atoms with E-state index in [2.05, 4.69) is 42.9 Å². The number of hydrogen-bond donors (Lipinski definition) is 1. The predicted molar refractivity (Wildman–Crippen MR) is 110 cm³/mol. The minimum Gasteiger partial charge on any atom is -0.354 e. The van der Waals surface area contributed by atoms with Crippen LogP contribution in [0.3, 0.4) is 0 Å². The Hall–Kier alpha value is -2.21. The Kier molecular flexibility index (Phi) is 7.54. The number of carbonyl (C=O) groups excluding carboxylic acids is 1. The predicted octanol–water partition coefficient (Wildman–Crippen LogP) is 2.58. The maximum Gasteiger partial charge on any atom is 0.261 e. The van der Waals surface area contributed by atoms with Gasteiger partial charge in [-0.15, -0.1) is 0 Å². The van der Waals surface area contributed by atoms with Crippen LogP contribution in [-0.2, 0) is 11.3 Å². The molecule has 6 nitrogen and oxygen atoms in total. The Morgan fingerprint density at radius 2 is 1.96 bits per heavy atom. The summed E-state index contributed by atoms with van der Waals surface area (Å²) >= 11 is 0. The summed E-state index contributed by atoms with van der Waals surface area (Å²) < 4.78 is 1.52. The maximum atomic E-state index is 12.6. The van der Waals surface area contributed by atoms with E-state index in [9.17, 15) is 9.59 Å². The summed E-state index contributed by atoms with van der Waals surface area (Å²) in [6, 6.07) is 5.90. The highest BCUT2D eigenvalue weighted by Crippen LogP contribution is 2.12. The highest BCUT2D eigenvalue weighted by Gasteiger charge is 2.20. The van der Waals surface area contributed by atoms with Gasteiger partial charge in [0, 0.05) is 25.6 Å². The van der Waals surface area contributed by atoms with Crippen LogP contribution in [0.2, 0.25) is 0 Å². The van der Waals surface area contributed by atoms with Gasteiger partial charge < -0.3 is 5.32 Å². The minimum absolute atomic E-state index is 0.0379. The van der Waals surface area contributed by atoms with Crippen LogP contribution in [0.4, 0.5) is 0 Å². The quantitative estimate of drug-likeness (QED) is 0.735. The molecule has 1 N–H and O–H groups in total. The number of nitrogens with one attached hydrogen (secondary N) is 1. The van der Waals surface area contributed by atoms with Crippen LogP contribution in [0.25, 0.3) is 10.9 Å². The Balaban J connectivity index is 1.98. The Morgan fingerprint density at radius 1 is 1.26 bits per heavy atom. The number of nitrogens with zero attached hydrogens (tertiary/aromatic N) is 3. The van der Waals surface area contributed by atoms with Crippen molar-refractivity contribution in [2.24, 2.45) is 5.92 Å². The van der Waals surface area contributed by atoms with E-state index in [0.717, 1.165) is 24.2 Å². The number of carbonyl (C=O) groups is 1. The van der Waals surface area contributed by atoms with Crippen molar-refractivity contribution in [1.29, 1.82) is 0 Å². The van der Waals surface area contributed by atoms with Crippen molar-refractivity contribution in [3.63, 3.8) is 0 Å².